The monoisotopic (exact) mass is 206 g/mol. The van der Waals surface area contributed by atoms with Gasteiger partial charge in [-0.15, -0.1) is 0 Å². The molecule has 0 aliphatic heterocycles. The molecule has 1 saturated carbocycles. The van der Waals surface area contributed by atoms with Gasteiger partial charge in [0.1, 0.15) is 6.07 Å². The Bertz CT molecular complexity index is 447. The van der Waals surface area contributed by atoms with Crippen LogP contribution >= 0.6 is 0 Å². The van der Waals surface area contributed by atoms with E-state index in [2.05, 4.69) is 0 Å². The lowest BCUT2D eigenvalue weighted by Gasteiger charge is -2.38. The predicted molar refractivity (Wildman–Crippen MR) is 52.5 cm³/mol. The van der Waals surface area contributed by atoms with Gasteiger partial charge in [0.15, 0.2) is 11.6 Å². The molecular weight excluding hydrogens is 195 g/mol. The number of hydrogen-bond donors (Lipinski definition) is 2. The number of nitriles is 1. The zero-order valence-electron chi connectivity index (χ0n) is 8.13. The van der Waals surface area contributed by atoms with Crippen LogP contribution in [-0.4, -0.2) is 5.11 Å². The minimum Gasteiger partial charge on any atom is -0.504 e. The van der Waals surface area contributed by atoms with Gasteiger partial charge in [0.05, 0.1) is 5.56 Å². The van der Waals surface area contributed by atoms with Gasteiger partial charge >= 0.3 is 0 Å². The molecule has 1 aromatic carbocycles. The van der Waals surface area contributed by atoms with E-state index in [9.17, 15) is 9.50 Å². The molecule has 0 bridgehead atoms. The molecule has 0 spiro atoms. The molecule has 78 valence electrons. The predicted octanol–water partition coefficient (Wildman–Crippen LogP) is 1.74. The van der Waals surface area contributed by atoms with Crippen LogP contribution in [0, 0.1) is 17.1 Å². The van der Waals surface area contributed by atoms with E-state index >= 15 is 0 Å². The first-order valence-corrected chi connectivity index (χ1v) is 4.79. The Balaban J connectivity index is 2.51. The fraction of sp³-hybridized carbons (Fsp3) is 0.364. The van der Waals surface area contributed by atoms with Crippen LogP contribution in [0.2, 0.25) is 0 Å². The maximum absolute atomic E-state index is 13.3. The van der Waals surface area contributed by atoms with Gasteiger partial charge in [-0.3, -0.25) is 0 Å². The van der Waals surface area contributed by atoms with Gasteiger partial charge in [0.2, 0.25) is 0 Å². The molecule has 2 rings (SSSR count). The molecule has 3 nitrogen and oxygen atoms in total. The third-order valence-corrected chi connectivity index (χ3v) is 3.00. The fourth-order valence-electron chi connectivity index (χ4n) is 1.82. The molecule has 0 amide bonds. The zero-order chi connectivity index (χ0) is 11.1. The second-order valence-electron chi connectivity index (χ2n) is 3.98. The number of rotatable bonds is 1. The van der Waals surface area contributed by atoms with Crippen LogP contribution < -0.4 is 5.73 Å². The quantitative estimate of drug-likeness (QED) is 0.735. The summed E-state index contributed by atoms with van der Waals surface area (Å²) in [6, 6.07) is 4.44. The van der Waals surface area contributed by atoms with Crippen LogP contribution in [0.15, 0.2) is 12.1 Å². The summed E-state index contributed by atoms with van der Waals surface area (Å²) in [5.74, 6) is -1.37. The molecule has 0 heterocycles. The minimum absolute atomic E-state index is 0.0540. The molecule has 0 atom stereocenters. The van der Waals surface area contributed by atoms with Crippen LogP contribution in [0.4, 0.5) is 4.39 Å². The van der Waals surface area contributed by atoms with Gasteiger partial charge < -0.3 is 10.8 Å². The highest BCUT2D eigenvalue weighted by atomic mass is 19.1. The smallest absolute Gasteiger partial charge is 0.169 e. The van der Waals surface area contributed by atoms with Crippen LogP contribution in [0.25, 0.3) is 0 Å². The van der Waals surface area contributed by atoms with Gasteiger partial charge in [-0.25, -0.2) is 4.39 Å². The first-order chi connectivity index (χ1) is 7.07. The normalized spacial score (nSPS) is 17.9. The van der Waals surface area contributed by atoms with Crippen molar-refractivity contribution in [1.29, 1.82) is 5.26 Å². The molecule has 0 unspecified atom stereocenters. The first kappa shape index (κ1) is 9.94. The molecular formula is C11H11FN2O. The van der Waals surface area contributed by atoms with Gasteiger partial charge in [-0.05, 0) is 37.0 Å². The van der Waals surface area contributed by atoms with E-state index in [1.165, 1.54) is 12.1 Å². The highest BCUT2D eigenvalue weighted by Gasteiger charge is 2.35. The van der Waals surface area contributed by atoms with Crippen LogP contribution in [0.3, 0.4) is 0 Å². The van der Waals surface area contributed by atoms with Crippen molar-refractivity contribution < 1.29 is 9.50 Å². The van der Waals surface area contributed by atoms with E-state index < -0.39 is 17.1 Å². The molecule has 0 saturated heterocycles. The highest BCUT2D eigenvalue weighted by Crippen LogP contribution is 2.40. The second kappa shape index (κ2) is 3.21. The number of phenols is 1. The lowest BCUT2D eigenvalue weighted by atomic mass is 9.72. The van der Waals surface area contributed by atoms with E-state index in [1.54, 1.807) is 6.07 Å². The summed E-state index contributed by atoms with van der Waals surface area (Å²) in [6.45, 7) is 0. The zero-order valence-corrected chi connectivity index (χ0v) is 8.13. The van der Waals surface area contributed by atoms with Crippen LogP contribution in [0.5, 0.6) is 5.75 Å². The van der Waals surface area contributed by atoms with Crippen molar-refractivity contribution in [2.24, 2.45) is 5.73 Å². The SMILES string of the molecule is N#Cc1cc(C2(N)CCC2)cc(F)c1O. The van der Waals surface area contributed by atoms with Gasteiger partial charge in [-0.1, -0.05) is 0 Å². The minimum atomic E-state index is -0.777. The fourth-order valence-corrected chi connectivity index (χ4v) is 1.82. The molecule has 1 aromatic rings. The number of halogens is 1. The standard InChI is InChI=1S/C11H11FN2O/c12-9-5-8(11(14)2-1-3-11)4-7(6-13)10(9)15/h4-5,15H,1-3,14H2. The van der Waals surface area contributed by atoms with Gasteiger partial charge in [0, 0.05) is 5.54 Å². The molecule has 3 N–H and O–H groups in total. The summed E-state index contributed by atoms with van der Waals surface area (Å²) in [4.78, 5) is 0. The van der Waals surface area contributed by atoms with Crippen molar-refractivity contribution in [3.8, 4) is 11.8 Å². The molecule has 1 aliphatic rings. The number of hydrogen-bond acceptors (Lipinski definition) is 3. The van der Waals surface area contributed by atoms with Crippen molar-refractivity contribution in [3.05, 3.63) is 29.1 Å². The highest BCUT2D eigenvalue weighted by molar-refractivity contribution is 5.47. The number of phenolic OH excluding ortho intramolecular Hbond substituents is 1. The Kier molecular flexibility index (Phi) is 2.13. The lowest BCUT2D eigenvalue weighted by molar-refractivity contribution is 0.252. The van der Waals surface area contributed by atoms with Crippen molar-refractivity contribution in [1.82, 2.24) is 0 Å². The van der Waals surface area contributed by atoms with Crippen molar-refractivity contribution in [2.75, 3.05) is 0 Å². The molecule has 15 heavy (non-hydrogen) atoms. The topological polar surface area (TPSA) is 70.0 Å². The van der Waals surface area contributed by atoms with E-state index in [0.717, 1.165) is 19.3 Å². The molecule has 0 aromatic heterocycles. The summed E-state index contributed by atoms with van der Waals surface area (Å²) in [6.07, 6.45) is 2.60. The Morgan fingerprint density at radius 2 is 2.13 bits per heavy atom. The summed E-state index contributed by atoms with van der Waals surface area (Å²) in [5, 5.41) is 17.9. The molecule has 1 fully saturated rings. The third kappa shape index (κ3) is 1.45. The Labute approximate surface area is 86.9 Å². The summed E-state index contributed by atoms with van der Waals surface area (Å²) < 4.78 is 13.3. The average molecular weight is 206 g/mol. The third-order valence-electron chi connectivity index (χ3n) is 3.00. The maximum Gasteiger partial charge on any atom is 0.169 e. The second-order valence-corrected chi connectivity index (χ2v) is 3.98. The van der Waals surface area contributed by atoms with Gasteiger partial charge in [0.25, 0.3) is 0 Å². The Morgan fingerprint density at radius 1 is 1.47 bits per heavy atom. The molecule has 1 aliphatic carbocycles. The van der Waals surface area contributed by atoms with Crippen molar-refractivity contribution >= 4 is 0 Å². The average Bonchev–Trinajstić information content (AvgIpc) is 2.18. The van der Waals surface area contributed by atoms with Gasteiger partial charge in [-0.2, -0.15) is 5.26 Å². The largest absolute Gasteiger partial charge is 0.504 e. The van der Waals surface area contributed by atoms with Crippen LogP contribution in [-0.2, 0) is 5.54 Å². The van der Waals surface area contributed by atoms with E-state index in [0.29, 0.717) is 5.56 Å². The van der Waals surface area contributed by atoms with E-state index in [4.69, 9.17) is 11.0 Å². The molecule has 0 radical (unpaired) electrons. The lowest BCUT2D eigenvalue weighted by Crippen LogP contribution is -2.43. The van der Waals surface area contributed by atoms with E-state index in [-0.39, 0.29) is 5.56 Å². The number of nitrogens with two attached hydrogens (primary N) is 1. The van der Waals surface area contributed by atoms with Crippen molar-refractivity contribution in [2.45, 2.75) is 24.8 Å². The Morgan fingerprint density at radius 3 is 2.60 bits per heavy atom. The maximum atomic E-state index is 13.3. The number of aromatic hydroxyl groups is 1. The number of benzene rings is 1. The first-order valence-electron chi connectivity index (χ1n) is 4.79. The summed E-state index contributed by atoms with van der Waals surface area (Å²) in [5.41, 5.74) is 6.04. The Hall–Kier alpha value is -1.60. The molecule has 4 heteroatoms. The number of nitrogens with zero attached hydrogens (tertiary/aromatic N) is 1. The summed E-state index contributed by atoms with van der Waals surface area (Å²) in [7, 11) is 0. The van der Waals surface area contributed by atoms with Crippen LogP contribution in [0.1, 0.15) is 30.4 Å². The van der Waals surface area contributed by atoms with Crippen molar-refractivity contribution in [3.63, 3.8) is 0 Å². The summed E-state index contributed by atoms with van der Waals surface area (Å²) >= 11 is 0. The van der Waals surface area contributed by atoms with E-state index in [1.807, 2.05) is 0 Å².